The van der Waals surface area contributed by atoms with E-state index in [1.165, 1.54) is 24.3 Å². The van der Waals surface area contributed by atoms with Crippen molar-refractivity contribution < 1.29 is 32.4 Å². The van der Waals surface area contributed by atoms with Crippen LogP contribution in [0.5, 0.6) is 5.75 Å². The molecule has 9 heteroatoms. The van der Waals surface area contributed by atoms with Crippen LogP contribution in [0.25, 0.3) is 0 Å². The van der Waals surface area contributed by atoms with Crippen LogP contribution in [0, 0.1) is 10.1 Å². The maximum atomic E-state index is 12.0. The van der Waals surface area contributed by atoms with Crippen LogP contribution in [-0.2, 0) is 11.3 Å². The van der Waals surface area contributed by atoms with Gasteiger partial charge in [0.2, 0.25) is 0 Å². The fourth-order valence-corrected chi connectivity index (χ4v) is 1.74. The molecule has 2 rings (SSSR count). The van der Waals surface area contributed by atoms with E-state index in [0.717, 1.165) is 24.3 Å². The van der Waals surface area contributed by atoms with Crippen LogP contribution in [-0.4, -0.2) is 17.3 Å². The van der Waals surface area contributed by atoms with Gasteiger partial charge in [0.05, 0.1) is 10.5 Å². The highest BCUT2D eigenvalue weighted by Crippen LogP contribution is 2.23. The standard InChI is InChI=1S/C15H10F3NO5/c16-15(17,18)24-13-7-3-11(4-8-13)14(20)23-9-10-1-5-12(6-2-10)19(21)22/h1-8H,9H2. The number of carbonyl (C=O) groups excluding carboxylic acids is 1. The van der Waals surface area contributed by atoms with Crippen molar-refractivity contribution in [1.82, 2.24) is 0 Å². The molecule has 0 fully saturated rings. The van der Waals surface area contributed by atoms with Crippen molar-refractivity contribution in [3.8, 4) is 5.75 Å². The first-order chi connectivity index (χ1) is 11.2. The predicted molar refractivity (Wildman–Crippen MR) is 75.3 cm³/mol. The number of carbonyl (C=O) groups is 1. The molecular formula is C15H10F3NO5. The number of hydrogen-bond acceptors (Lipinski definition) is 5. The monoisotopic (exact) mass is 341 g/mol. The van der Waals surface area contributed by atoms with Crippen LogP contribution in [0.15, 0.2) is 48.5 Å². The summed E-state index contributed by atoms with van der Waals surface area (Å²) in [5.41, 5.74) is 0.489. The molecule has 0 atom stereocenters. The number of alkyl halides is 3. The highest BCUT2D eigenvalue weighted by atomic mass is 19.4. The molecule has 24 heavy (non-hydrogen) atoms. The van der Waals surface area contributed by atoms with Crippen molar-refractivity contribution in [3.05, 3.63) is 69.8 Å². The van der Waals surface area contributed by atoms with Crippen LogP contribution in [0.3, 0.4) is 0 Å². The zero-order valence-corrected chi connectivity index (χ0v) is 11.9. The number of nitrogens with zero attached hydrogens (tertiary/aromatic N) is 1. The lowest BCUT2D eigenvalue weighted by atomic mass is 10.2. The summed E-state index contributed by atoms with van der Waals surface area (Å²) in [4.78, 5) is 21.8. The van der Waals surface area contributed by atoms with Crippen molar-refractivity contribution in [3.63, 3.8) is 0 Å². The number of non-ortho nitro benzene ring substituents is 1. The minimum Gasteiger partial charge on any atom is -0.457 e. The topological polar surface area (TPSA) is 78.7 Å². The highest BCUT2D eigenvalue weighted by Gasteiger charge is 2.31. The molecule has 2 aromatic rings. The molecule has 0 saturated carbocycles. The molecule has 0 amide bonds. The quantitative estimate of drug-likeness (QED) is 0.469. The Morgan fingerprint density at radius 3 is 2.12 bits per heavy atom. The second kappa shape index (κ2) is 6.99. The largest absolute Gasteiger partial charge is 0.573 e. The van der Waals surface area contributed by atoms with Crippen molar-refractivity contribution in [2.45, 2.75) is 13.0 Å². The van der Waals surface area contributed by atoms with Gasteiger partial charge in [-0.2, -0.15) is 0 Å². The zero-order valence-electron chi connectivity index (χ0n) is 11.9. The second-order valence-corrected chi connectivity index (χ2v) is 4.57. The third kappa shape index (κ3) is 4.97. The van der Waals surface area contributed by atoms with Gasteiger partial charge in [-0.05, 0) is 42.0 Å². The van der Waals surface area contributed by atoms with Crippen LogP contribution in [0.4, 0.5) is 18.9 Å². The van der Waals surface area contributed by atoms with Gasteiger partial charge in [-0.25, -0.2) is 4.79 Å². The van der Waals surface area contributed by atoms with E-state index in [-0.39, 0.29) is 17.9 Å². The lowest BCUT2D eigenvalue weighted by Crippen LogP contribution is -2.17. The maximum Gasteiger partial charge on any atom is 0.573 e. The Kier molecular flexibility index (Phi) is 5.02. The minimum atomic E-state index is -4.81. The number of benzene rings is 2. The summed E-state index contributed by atoms with van der Waals surface area (Å²) in [5.74, 6) is -1.19. The van der Waals surface area contributed by atoms with E-state index in [1.54, 1.807) is 0 Å². The lowest BCUT2D eigenvalue weighted by Gasteiger charge is -2.09. The molecule has 0 bridgehead atoms. The van der Waals surface area contributed by atoms with Crippen LogP contribution in [0.1, 0.15) is 15.9 Å². The Hall–Kier alpha value is -3.10. The van der Waals surface area contributed by atoms with Gasteiger partial charge >= 0.3 is 12.3 Å². The maximum absolute atomic E-state index is 12.0. The van der Waals surface area contributed by atoms with E-state index in [4.69, 9.17) is 4.74 Å². The Labute approximate surface area is 133 Å². The van der Waals surface area contributed by atoms with E-state index >= 15 is 0 Å². The number of halogens is 3. The number of hydrogen-bond donors (Lipinski definition) is 0. The van der Waals surface area contributed by atoms with Gasteiger partial charge in [0.1, 0.15) is 12.4 Å². The van der Waals surface area contributed by atoms with Gasteiger partial charge in [-0.3, -0.25) is 10.1 Å². The SMILES string of the molecule is O=C(OCc1ccc([N+](=O)[O-])cc1)c1ccc(OC(F)(F)F)cc1. The molecule has 0 aliphatic rings. The molecule has 0 N–H and O–H groups in total. The Morgan fingerprint density at radius 1 is 1.04 bits per heavy atom. The third-order valence-corrected chi connectivity index (χ3v) is 2.84. The van der Waals surface area contributed by atoms with Crippen molar-refractivity contribution in [2.75, 3.05) is 0 Å². The molecule has 0 aromatic heterocycles. The molecule has 0 unspecified atom stereocenters. The summed E-state index contributed by atoms with van der Waals surface area (Å²) < 4.78 is 44.8. The average Bonchev–Trinajstić information content (AvgIpc) is 2.52. The molecule has 2 aromatic carbocycles. The summed E-state index contributed by atoms with van der Waals surface area (Å²) >= 11 is 0. The molecule has 0 aliphatic carbocycles. The molecule has 6 nitrogen and oxygen atoms in total. The van der Waals surface area contributed by atoms with Crippen LogP contribution in [0.2, 0.25) is 0 Å². The molecule has 0 heterocycles. The van der Waals surface area contributed by atoms with Crippen LogP contribution >= 0.6 is 0 Å². The fourth-order valence-electron chi connectivity index (χ4n) is 1.74. The first-order valence-electron chi connectivity index (χ1n) is 6.51. The predicted octanol–water partition coefficient (Wildman–Crippen LogP) is 3.85. The second-order valence-electron chi connectivity index (χ2n) is 4.57. The molecule has 126 valence electrons. The van der Waals surface area contributed by atoms with Crippen molar-refractivity contribution >= 4 is 11.7 Å². The normalized spacial score (nSPS) is 11.0. The van der Waals surface area contributed by atoms with Crippen LogP contribution < -0.4 is 4.74 Å². The van der Waals surface area contributed by atoms with Crippen molar-refractivity contribution in [1.29, 1.82) is 0 Å². The van der Waals surface area contributed by atoms with Gasteiger partial charge in [0, 0.05) is 12.1 Å². The molecule has 0 radical (unpaired) electrons. The fraction of sp³-hybridized carbons (Fsp3) is 0.133. The first kappa shape index (κ1) is 17.3. The van der Waals surface area contributed by atoms with Gasteiger partial charge in [0.25, 0.3) is 5.69 Å². The zero-order chi connectivity index (χ0) is 17.7. The van der Waals surface area contributed by atoms with Gasteiger partial charge < -0.3 is 9.47 Å². The Morgan fingerprint density at radius 2 is 1.62 bits per heavy atom. The summed E-state index contributed by atoms with van der Waals surface area (Å²) in [6.45, 7) is -0.127. The number of nitro groups is 1. The van der Waals surface area contributed by atoms with E-state index in [9.17, 15) is 28.1 Å². The molecule has 0 aliphatic heterocycles. The third-order valence-electron chi connectivity index (χ3n) is 2.84. The summed E-state index contributed by atoms with van der Waals surface area (Å²) in [6.07, 6.45) is -4.81. The molecule has 0 saturated heterocycles. The summed E-state index contributed by atoms with van der Waals surface area (Å²) in [7, 11) is 0. The Bertz CT molecular complexity index is 726. The van der Waals surface area contributed by atoms with E-state index in [1.807, 2.05) is 0 Å². The van der Waals surface area contributed by atoms with Gasteiger partial charge in [0.15, 0.2) is 0 Å². The first-order valence-corrected chi connectivity index (χ1v) is 6.51. The average molecular weight is 341 g/mol. The minimum absolute atomic E-state index is 0.0476. The Balaban J connectivity index is 1.93. The van der Waals surface area contributed by atoms with Crippen molar-refractivity contribution in [2.24, 2.45) is 0 Å². The summed E-state index contributed by atoms with van der Waals surface area (Å²) in [6, 6.07) is 9.68. The van der Waals surface area contributed by atoms with E-state index in [2.05, 4.69) is 4.74 Å². The highest BCUT2D eigenvalue weighted by molar-refractivity contribution is 5.89. The number of nitro benzene ring substituents is 1. The van der Waals surface area contributed by atoms with E-state index < -0.39 is 23.0 Å². The lowest BCUT2D eigenvalue weighted by molar-refractivity contribution is -0.384. The van der Waals surface area contributed by atoms with Gasteiger partial charge in [-0.1, -0.05) is 0 Å². The molecular weight excluding hydrogens is 331 g/mol. The smallest absolute Gasteiger partial charge is 0.457 e. The van der Waals surface area contributed by atoms with E-state index in [0.29, 0.717) is 5.56 Å². The number of ether oxygens (including phenoxy) is 2. The van der Waals surface area contributed by atoms with Gasteiger partial charge in [-0.15, -0.1) is 13.2 Å². The number of esters is 1. The number of rotatable bonds is 5. The summed E-state index contributed by atoms with van der Waals surface area (Å²) in [5, 5.41) is 10.5. The molecule has 0 spiro atoms.